The lowest BCUT2D eigenvalue weighted by atomic mass is 10.0. The van der Waals surface area contributed by atoms with Crippen molar-refractivity contribution in [2.75, 3.05) is 26.7 Å². The molecule has 2 rings (SSSR count). The molecule has 1 aliphatic rings. The summed E-state index contributed by atoms with van der Waals surface area (Å²) >= 11 is 5.70. The van der Waals surface area contributed by atoms with E-state index in [1.165, 1.54) is 6.20 Å². The molecule has 2 amide bonds. The topological polar surface area (TPSA) is 74.3 Å². The average molecular weight is 311 g/mol. The zero-order valence-corrected chi connectivity index (χ0v) is 12.7. The number of pyridine rings is 1. The van der Waals surface area contributed by atoms with Gasteiger partial charge in [-0.15, -0.1) is 0 Å². The molecule has 2 N–H and O–H groups in total. The monoisotopic (exact) mass is 310 g/mol. The van der Waals surface area contributed by atoms with Gasteiger partial charge in [-0.05, 0) is 25.0 Å². The molecule has 7 heteroatoms. The predicted octanol–water partition coefficient (Wildman–Crippen LogP) is 0.675. The van der Waals surface area contributed by atoms with Crippen LogP contribution in [0.25, 0.3) is 0 Å². The van der Waals surface area contributed by atoms with Crippen molar-refractivity contribution in [3.8, 4) is 0 Å². The van der Waals surface area contributed by atoms with Gasteiger partial charge in [0.15, 0.2) is 0 Å². The molecule has 0 spiro atoms. The van der Waals surface area contributed by atoms with Gasteiger partial charge in [0.1, 0.15) is 5.15 Å². The van der Waals surface area contributed by atoms with Crippen LogP contribution in [0.15, 0.2) is 18.3 Å². The zero-order valence-electron chi connectivity index (χ0n) is 11.9. The fraction of sp³-hybridized carbons (Fsp3) is 0.500. The minimum Gasteiger partial charge on any atom is -0.358 e. The number of likely N-dealkylation sites (N-methyl/N-ethyl adjacent to an activating group) is 1. The third-order valence-electron chi connectivity index (χ3n) is 3.56. The van der Waals surface area contributed by atoms with Gasteiger partial charge in [0.05, 0.1) is 12.1 Å². The van der Waals surface area contributed by atoms with E-state index in [1.807, 2.05) is 0 Å². The van der Waals surface area contributed by atoms with Crippen LogP contribution in [0.2, 0.25) is 5.15 Å². The lowest BCUT2D eigenvalue weighted by Gasteiger charge is -2.31. The number of piperidine rings is 1. The molecule has 0 aliphatic carbocycles. The summed E-state index contributed by atoms with van der Waals surface area (Å²) in [4.78, 5) is 29.4. The fourth-order valence-electron chi connectivity index (χ4n) is 2.30. The van der Waals surface area contributed by atoms with Crippen molar-refractivity contribution in [2.24, 2.45) is 0 Å². The van der Waals surface area contributed by atoms with Gasteiger partial charge in [0.2, 0.25) is 5.91 Å². The molecule has 0 bridgehead atoms. The number of halogens is 1. The van der Waals surface area contributed by atoms with E-state index in [4.69, 9.17) is 11.6 Å². The quantitative estimate of drug-likeness (QED) is 0.802. The van der Waals surface area contributed by atoms with Crippen molar-refractivity contribution in [3.63, 3.8) is 0 Å². The van der Waals surface area contributed by atoms with E-state index in [9.17, 15) is 9.59 Å². The fourth-order valence-corrected chi connectivity index (χ4v) is 2.41. The van der Waals surface area contributed by atoms with Crippen LogP contribution < -0.4 is 10.6 Å². The molecular weight excluding hydrogens is 292 g/mol. The molecule has 2 heterocycles. The van der Waals surface area contributed by atoms with Gasteiger partial charge >= 0.3 is 0 Å². The van der Waals surface area contributed by atoms with E-state index in [-0.39, 0.29) is 17.9 Å². The summed E-state index contributed by atoms with van der Waals surface area (Å²) < 4.78 is 0. The third-order valence-corrected chi connectivity index (χ3v) is 3.78. The van der Waals surface area contributed by atoms with E-state index in [0.717, 1.165) is 25.9 Å². The summed E-state index contributed by atoms with van der Waals surface area (Å²) in [6, 6.07) is 3.39. The van der Waals surface area contributed by atoms with Crippen LogP contribution in [0, 0.1) is 0 Å². The Labute approximate surface area is 128 Å². The largest absolute Gasteiger partial charge is 0.358 e. The first-order chi connectivity index (χ1) is 10.1. The van der Waals surface area contributed by atoms with Crippen LogP contribution in [-0.4, -0.2) is 54.4 Å². The molecule has 1 aromatic heterocycles. The van der Waals surface area contributed by atoms with E-state index < -0.39 is 0 Å². The normalized spacial score (nSPS) is 16.5. The third kappa shape index (κ3) is 4.68. The molecule has 1 saturated heterocycles. The molecule has 21 heavy (non-hydrogen) atoms. The molecule has 0 atom stereocenters. The second-order valence-electron chi connectivity index (χ2n) is 5.07. The molecule has 1 aromatic rings. The Bertz CT molecular complexity index is 498. The first-order valence-corrected chi connectivity index (χ1v) is 7.31. The van der Waals surface area contributed by atoms with E-state index in [2.05, 4.69) is 20.5 Å². The molecule has 1 fully saturated rings. The predicted molar refractivity (Wildman–Crippen MR) is 80.2 cm³/mol. The van der Waals surface area contributed by atoms with Crippen LogP contribution >= 0.6 is 11.6 Å². The van der Waals surface area contributed by atoms with Gasteiger partial charge < -0.3 is 10.6 Å². The Morgan fingerprint density at radius 2 is 2.10 bits per heavy atom. The van der Waals surface area contributed by atoms with Crippen LogP contribution in [0.5, 0.6) is 0 Å². The molecule has 0 aromatic carbocycles. The molecule has 0 saturated carbocycles. The van der Waals surface area contributed by atoms with Gasteiger partial charge in [-0.3, -0.25) is 14.5 Å². The Kier molecular flexibility index (Phi) is 5.52. The highest BCUT2D eigenvalue weighted by molar-refractivity contribution is 6.29. The first kappa shape index (κ1) is 15.7. The minimum absolute atomic E-state index is 0.0183. The summed E-state index contributed by atoms with van der Waals surface area (Å²) in [5, 5.41) is 5.98. The SMILES string of the molecule is CNC(=O)CN1CCC(NC(=O)c2ccc(Cl)nc2)CC1. The maximum Gasteiger partial charge on any atom is 0.253 e. The van der Waals surface area contributed by atoms with Crippen LogP contribution in [0.4, 0.5) is 0 Å². The second kappa shape index (κ2) is 7.38. The van der Waals surface area contributed by atoms with Crippen molar-refractivity contribution in [2.45, 2.75) is 18.9 Å². The number of nitrogens with zero attached hydrogens (tertiary/aromatic N) is 2. The van der Waals surface area contributed by atoms with Crippen molar-refractivity contribution in [1.29, 1.82) is 0 Å². The van der Waals surface area contributed by atoms with Crippen LogP contribution in [0.1, 0.15) is 23.2 Å². The molecular formula is C14H19ClN4O2. The highest BCUT2D eigenvalue weighted by atomic mass is 35.5. The first-order valence-electron chi connectivity index (χ1n) is 6.94. The Morgan fingerprint density at radius 3 is 2.67 bits per heavy atom. The van der Waals surface area contributed by atoms with Crippen molar-refractivity contribution in [1.82, 2.24) is 20.5 Å². The summed E-state index contributed by atoms with van der Waals surface area (Å²) in [6.07, 6.45) is 3.14. The zero-order chi connectivity index (χ0) is 15.2. The number of carbonyl (C=O) groups excluding carboxylic acids is 2. The standard InChI is InChI=1S/C14H19ClN4O2/c1-16-13(20)9-19-6-4-11(5-7-19)18-14(21)10-2-3-12(15)17-8-10/h2-3,8,11H,4-7,9H2,1H3,(H,16,20)(H,18,21). The molecule has 0 radical (unpaired) electrons. The number of aromatic nitrogens is 1. The summed E-state index contributed by atoms with van der Waals surface area (Å²) in [5.41, 5.74) is 0.507. The highest BCUT2D eigenvalue weighted by Crippen LogP contribution is 2.11. The van der Waals surface area contributed by atoms with Crippen molar-refractivity contribution in [3.05, 3.63) is 29.0 Å². The number of carbonyl (C=O) groups is 2. The van der Waals surface area contributed by atoms with E-state index in [1.54, 1.807) is 19.2 Å². The maximum atomic E-state index is 12.1. The van der Waals surface area contributed by atoms with Crippen LogP contribution in [-0.2, 0) is 4.79 Å². The van der Waals surface area contributed by atoms with Crippen molar-refractivity contribution >= 4 is 23.4 Å². The van der Waals surface area contributed by atoms with Crippen LogP contribution in [0.3, 0.4) is 0 Å². The highest BCUT2D eigenvalue weighted by Gasteiger charge is 2.22. The van der Waals surface area contributed by atoms with Gasteiger partial charge in [-0.1, -0.05) is 11.6 Å². The van der Waals surface area contributed by atoms with Gasteiger partial charge in [0.25, 0.3) is 5.91 Å². The average Bonchev–Trinajstić information content (AvgIpc) is 2.49. The lowest BCUT2D eigenvalue weighted by molar-refractivity contribution is -0.122. The Morgan fingerprint density at radius 1 is 1.38 bits per heavy atom. The van der Waals surface area contributed by atoms with E-state index >= 15 is 0 Å². The number of hydrogen-bond acceptors (Lipinski definition) is 4. The Balaban J connectivity index is 1.79. The van der Waals surface area contributed by atoms with E-state index in [0.29, 0.717) is 17.3 Å². The van der Waals surface area contributed by atoms with Gasteiger partial charge in [-0.2, -0.15) is 0 Å². The molecule has 1 aliphatic heterocycles. The molecule has 114 valence electrons. The second-order valence-corrected chi connectivity index (χ2v) is 5.45. The number of likely N-dealkylation sites (tertiary alicyclic amines) is 1. The summed E-state index contributed by atoms with van der Waals surface area (Å²) in [7, 11) is 1.63. The van der Waals surface area contributed by atoms with Gasteiger partial charge in [0, 0.05) is 32.4 Å². The summed E-state index contributed by atoms with van der Waals surface area (Å²) in [6.45, 7) is 2.02. The Hall–Kier alpha value is -1.66. The maximum absolute atomic E-state index is 12.1. The smallest absolute Gasteiger partial charge is 0.253 e. The number of amides is 2. The lowest BCUT2D eigenvalue weighted by Crippen LogP contribution is -2.47. The number of rotatable bonds is 4. The number of hydrogen-bond donors (Lipinski definition) is 2. The molecule has 6 nitrogen and oxygen atoms in total. The molecule has 0 unspecified atom stereocenters. The van der Waals surface area contributed by atoms with Gasteiger partial charge in [-0.25, -0.2) is 4.98 Å². The number of nitrogens with one attached hydrogen (secondary N) is 2. The minimum atomic E-state index is -0.135. The van der Waals surface area contributed by atoms with Crippen molar-refractivity contribution < 1.29 is 9.59 Å². The summed E-state index contributed by atoms with van der Waals surface area (Å²) in [5.74, 6) is -0.117.